The number of hydrogen-bond acceptors (Lipinski definition) is 5. The molecule has 1 atom stereocenters. The maximum absolute atomic E-state index is 12.8. The van der Waals surface area contributed by atoms with Crippen LogP contribution in [0, 0.1) is 6.92 Å². The van der Waals surface area contributed by atoms with Gasteiger partial charge in [0, 0.05) is 16.8 Å². The fourth-order valence-electron chi connectivity index (χ4n) is 2.98. The highest BCUT2D eigenvalue weighted by molar-refractivity contribution is 7.92. The van der Waals surface area contributed by atoms with Gasteiger partial charge in [0.25, 0.3) is 0 Å². The van der Waals surface area contributed by atoms with Gasteiger partial charge in [0.05, 0.1) is 11.9 Å². The number of fused-ring (bicyclic) bond motifs is 1. The number of benzene rings is 2. The third-order valence-corrected chi connectivity index (χ3v) is 5.79. The molecule has 0 saturated heterocycles. The Morgan fingerprint density at radius 1 is 1.14 bits per heavy atom. The van der Waals surface area contributed by atoms with E-state index in [-0.39, 0.29) is 0 Å². The van der Waals surface area contributed by atoms with E-state index in [2.05, 4.69) is 5.32 Å². The molecule has 28 heavy (non-hydrogen) atoms. The number of nitrogens with zero attached hydrogens (tertiary/aromatic N) is 1. The van der Waals surface area contributed by atoms with E-state index in [0.717, 1.165) is 16.1 Å². The van der Waals surface area contributed by atoms with Crippen molar-refractivity contribution in [2.24, 2.45) is 0 Å². The van der Waals surface area contributed by atoms with Gasteiger partial charge in [-0.2, -0.15) is 0 Å². The fraction of sp³-hybridized carbons (Fsp3) is 0.316. The highest BCUT2D eigenvalue weighted by Gasteiger charge is 2.30. The van der Waals surface area contributed by atoms with Crippen LogP contribution in [-0.4, -0.2) is 39.8 Å². The third kappa shape index (κ3) is 4.34. The number of nitrogens with one attached hydrogen (secondary N) is 1. The van der Waals surface area contributed by atoms with E-state index >= 15 is 0 Å². The standard InChI is InChI=1S/C19H21ClN2O5S/c1-12-10-14(20)4-6-16(12)21-19(23)13(2)22(28(3,24)25)15-5-7-17-18(11-15)27-9-8-26-17/h4-7,10-11,13H,8-9H2,1-3H3,(H,21,23)/t13-/m1/s1. The van der Waals surface area contributed by atoms with Crippen LogP contribution in [-0.2, 0) is 14.8 Å². The number of rotatable bonds is 5. The van der Waals surface area contributed by atoms with Crippen LogP contribution in [0.3, 0.4) is 0 Å². The quantitative estimate of drug-likeness (QED) is 0.796. The van der Waals surface area contributed by atoms with E-state index in [1.165, 1.54) is 6.92 Å². The van der Waals surface area contributed by atoms with Gasteiger partial charge in [-0.3, -0.25) is 9.10 Å². The molecule has 0 saturated carbocycles. The maximum Gasteiger partial charge on any atom is 0.248 e. The first kappa shape index (κ1) is 20.3. The van der Waals surface area contributed by atoms with Gasteiger partial charge in [-0.1, -0.05) is 11.6 Å². The largest absolute Gasteiger partial charge is 0.486 e. The summed E-state index contributed by atoms with van der Waals surface area (Å²) < 4.78 is 37.0. The van der Waals surface area contributed by atoms with Crippen molar-refractivity contribution in [1.29, 1.82) is 0 Å². The molecule has 0 spiro atoms. The number of aryl methyl sites for hydroxylation is 1. The Morgan fingerprint density at radius 2 is 1.82 bits per heavy atom. The third-order valence-electron chi connectivity index (χ3n) is 4.32. The average Bonchev–Trinajstić information content (AvgIpc) is 2.62. The summed E-state index contributed by atoms with van der Waals surface area (Å²) in [5.74, 6) is 0.515. The summed E-state index contributed by atoms with van der Waals surface area (Å²) in [4.78, 5) is 12.8. The van der Waals surface area contributed by atoms with Crippen LogP contribution in [0.25, 0.3) is 0 Å². The molecule has 1 aliphatic rings. The number of halogens is 1. The highest BCUT2D eigenvalue weighted by atomic mass is 35.5. The van der Waals surface area contributed by atoms with Crippen molar-refractivity contribution in [2.45, 2.75) is 19.9 Å². The first-order valence-corrected chi connectivity index (χ1v) is 10.9. The monoisotopic (exact) mass is 424 g/mol. The van der Waals surface area contributed by atoms with E-state index < -0.39 is 22.0 Å². The Hall–Kier alpha value is -2.45. The number of carbonyl (C=O) groups is 1. The molecule has 0 radical (unpaired) electrons. The minimum atomic E-state index is -3.74. The van der Waals surface area contributed by atoms with Crippen molar-refractivity contribution in [3.63, 3.8) is 0 Å². The molecule has 0 bridgehead atoms. The summed E-state index contributed by atoms with van der Waals surface area (Å²) in [6.45, 7) is 4.14. The molecule has 7 nitrogen and oxygen atoms in total. The normalized spacial score (nSPS) is 14.3. The first-order chi connectivity index (χ1) is 13.2. The number of sulfonamides is 1. The van der Waals surface area contributed by atoms with Gasteiger partial charge in [0.2, 0.25) is 15.9 Å². The second kappa shape index (κ2) is 7.89. The van der Waals surface area contributed by atoms with E-state index in [1.807, 2.05) is 0 Å². The molecule has 2 aromatic carbocycles. The van der Waals surface area contributed by atoms with Crippen molar-refractivity contribution in [3.8, 4) is 11.5 Å². The first-order valence-electron chi connectivity index (χ1n) is 8.63. The number of ether oxygens (including phenoxy) is 2. The van der Waals surface area contributed by atoms with Crippen LogP contribution in [0.2, 0.25) is 5.02 Å². The van der Waals surface area contributed by atoms with Crippen LogP contribution in [0.1, 0.15) is 12.5 Å². The molecule has 1 N–H and O–H groups in total. The van der Waals surface area contributed by atoms with Gasteiger partial charge < -0.3 is 14.8 Å². The van der Waals surface area contributed by atoms with Crippen LogP contribution in [0.4, 0.5) is 11.4 Å². The lowest BCUT2D eigenvalue weighted by atomic mass is 10.2. The Balaban J connectivity index is 1.90. The molecule has 1 aliphatic heterocycles. The van der Waals surface area contributed by atoms with E-state index in [9.17, 15) is 13.2 Å². The Kier molecular flexibility index (Phi) is 5.71. The summed E-state index contributed by atoms with van der Waals surface area (Å²) >= 11 is 5.94. The van der Waals surface area contributed by atoms with Gasteiger partial charge in [0.1, 0.15) is 19.3 Å². The predicted octanol–water partition coefficient (Wildman–Crippen LogP) is 3.21. The topological polar surface area (TPSA) is 84.9 Å². The predicted molar refractivity (Wildman–Crippen MR) is 109 cm³/mol. The number of anilines is 2. The van der Waals surface area contributed by atoms with Crippen LogP contribution in [0.5, 0.6) is 11.5 Å². The lowest BCUT2D eigenvalue weighted by Crippen LogP contribution is -2.45. The second-order valence-corrected chi connectivity index (χ2v) is 8.81. The van der Waals surface area contributed by atoms with Crippen molar-refractivity contribution in [1.82, 2.24) is 0 Å². The SMILES string of the molecule is Cc1cc(Cl)ccc1NC(=O)[C@@H](C)N(c1ccc2c(c1)OCCO2)S(C)(=O)=O. The van der Waals surface area contributed by atoms with Gasteiger partial charge in [-0.05, 0) is 49.7 Å². The van der Waals surface area contributed by atoms with E-state index in [1.54, 1.807) is 43.3 Å². The van der Waals surface area contributed by atoms with Gasteiger partial charge in [0.15, 0.2) is 11.5 Å². The van der Waals surface area contributed by atoms with E-state index in [0.29, 0.717) is 41.1 Å². The minimum Gasteiger partial charge on any atom is -0.486 e. The Morgan fingerprint density at radius 3 is 2.46 bits per heavy atom. The molecule has 1 amide bonds. The number of carbonyl (C=O) groups excluding carboxylic acids is 1. The molecule has 9 heteroatoms. The second-order valence-electron chi connectivity index (χ2n) is 6.51. The van der Waals surface area contributed by atoms with E-state index in [4.69, 9.17) is 21.1 Å². The molecule has 0 aromatic heterocycles. The summed E-state index contributed by atoms with van der Waals surface area (Å²) in [6, 6.07) is 8.85. The van der Waals surface area contributed by atoms with Crippen LogP contribution < -0.4 is 19.1 Å². The summed E-state index contributed by atoms with van der Waals surface area (Å²) in [5.41, 5.74) is 1.66. The van der Waals surface area contributed by atoms with Gasteiger partial charge >= 0.3 is 0 Å². The van der Waals surface area contributed by atoms with Crippen molar-refractivity contribution in [3.05, 3.63) is 47.0 Å². The smallest absolute Gasteiger partial charge is 0.248 e. The molecule has 0 aliphatic carbocycles. The van der Waals surface area contributed by atoms with Crippen molar-refractivity contribution < 1.29 is 22.7 Å². The molecule has 3 rings (SSSR count). The van der Waals surface area contributed by atoms with Crippen LogP contribution in [0.15, 0.2) is 36.4 Å². The molecule has 2 aromatic rings. The zero-order chi connectivity index (χ0) is 20.5. The zero-order valence-corrected chi connectivity index (χ0v) is 17.3. The minimum absolute atomic E-state index is 0.322. The number of amides is 1. The fourth-order valence-corrected chi connectivity index (χ4v) is 4.38. The average molecular weight is 425 g/mol. The zero-order valence-electron chi connectivity index (χ0n) is 15.7. The van der Waals surface area contributed by atoms with Crippen molar-refractivity contribution >= 4 is 38.9 Å². The lowest BCUT2D eigenvalue weighted by Gasteiger charge is -2.29. The summed E-state index contributed by atoms with van der Waals surface area (Å²) in [5, 5.41) is 3.32. The molecule has 150 valence electrons. The van der Waals surface area contributed by atoms with Gasteiger partial charge in [-0.25, -0.2) is 8.42 Å². The number of hydrogen-bond donors (Lipinski definition) is 1. The molecular formula is C19H21ClN2O5S. The highest BCUT2D eigenvalue weighted by Crippen LogP contribution is 2.35. The molecule has 1 heterocycles. The van der Waals surface area contributed by atoms with Crippen molar-refractivity contribution in [2.75, 3.05) is 29.1 Å². The Labute approximate surface area is 169 Å². The lowest BCUT2D eigenvalue weighted by molar-refractivity contribution is -0.116. The maximum atomic E-state index is 12.8. The molecular weight excluding hydrogens is 404 g/mol. The Bertz CT molecular complexity index is 1010. The van der Waals surface area contributed by atoms with Crippen LogP contribution >= 0.6 is 11.6 Å². The summed E-state index contributed by atoms with van der Waals surface area (Å²) in [7, 11) is -3.74. The summed E-state index contributed by atoms with van der Waals surface area (Å²) in [6.07, 6.45) is 1.06. The molecule has 0 fully saturated rings. The van der Waals surface area contributed by atoms with Gasteiger partial charge in [-0.15, -0.1) is 0 Å². The molecule has 0 unspecified atom stereocenters.